The Morgan fingerprint density at radius 3 is 2.83 bits per heavy atom. The predicted octanol–water partition coefficient (Wildman–Crippen LogP) is 1.55. The summed E-state index contributed by atoms with van der Waals surface area (Å²) in [6.07, 6.45) is 0.639. The van der Waals surface area contributed by atoms with Crippen LogP contribution in [0.5, 0.6) is 0 Å². The van der Waals surface area contributed by atoms with Crippen LogP contribution in [-0.2, 0) is 0 Å². The minimum absolute atomic E-state index is 0.245. The molecule has 0 fully saturated rings. The van der Waals surface area contributed by atoms with E-state index in [1.54, 1.807) is 16.9 Å². The summed E-state index contributed by atoms with van der Waals surface area (Å²) < 4.78 is 1.69. The molecule has 66 valence electrons. The van der Waals surface area contributed by atoms with Crippen LogP contribution in [0.15, 0.2) is 12.3 Å². The Balaban J connectivity index is 2.70. The van der Waals surface area contributed by atoms with E-state index >= 15 is 0 Å². The standard InChI is InChI=1S/C7H11N3O2/c1-5(2)10-4-3-6(9-10)8-7(11)12/h3-5H,1-2H3,(H,8,9)(H,11,12). The lowest BCUT2D eigenvalue weighted by molar-refractivity contribution is 0.209. The number of hydrogen-bond acceptors (Lipinski definition) is 2. The fourth-order valence-corrected chi connectivity index (χ4v) is 0.802. The van der Waals surface area contributed by atoms with E-state index in [1.165, 1.54) is 0 Å². The van der Waals surface area contributed by atoms with Gasteiger partial charge in [0.25, 0.3) is 0 Å². The van der Waals surface area contributed by atoms with E-state index in [9.17, 15) is 4.79 Å². The average Bonchev–Trinajstić information content (AvgIpc) is 2.34. The molecule has 1 aromatic rings. The van der Waals surface area contributed by atoms with E-state index < -0.39 is 6.09 Å². The molecule has 1 amide bonds. The van der Waals surface area contributed by atoms with Gasteiger partial charge in [0.05, 0.1) is 0 Å². The fourth-order valence-electron chi connectivity index (χ4n) is 0.802. The molecule has 0 atom stereocenters. The van der Waals surface area contributed by atoms with Gasteiger partial charge < -0.3 is 5.11 Å². The predicted molar refractivity (Wildman–Crippen MR) is 44.3 cm³/mol. The first-order chi connectivity index (χ1) is 5.59. The number of aromatic nitrogens is 2. The SMILES string of the molecule is CC(C)n1ccc(NC(=O)O)n1. The van der Waals surface area contributed by atoms with Crippen LogP contribution >= 0.6 is 0 Å². The summed E-state index contributed by atoms with van der Waals surface area (Å²) in [7, 11) is 0. The van der Waals surface area contributed by atoms with Crippen LogP contribution in [0, 0.1) is 0 Å². The van der Waals surface area contributed by atoms with Gasteiger partial charge in [-0.1, -0.05) is 0 Å². The van der Waals surface area contributed by atoms with Gasteiger partial charge in [0.15, 0.2) is 5.82 Å². The second-order valence-corrected chi connectivity index (χ2v) is 2.70. The summed E-state index contributed by atoms with van der Waals surface area (Å²) in [5.74, 6) is 0.358. The van der Waals surface area contributed by atoms with Crippen molar-refractivity contribution in [1.82, 2.24) is 9.78 Å². The maximum atomic E-state index is 10.2. The highest BCUT2D eigenvalue weighted by Gasteiger charge is 2.03. The molecule has 1 aromatic heterocycles. The van der Waals surface area contributed by atoms with Crippen molar-refractivity contribution in [3.05, 3.63) is 12.3 Å². The van der Waals surface area contributed by atoms with Crippen LogP contribution in [-0.4, -0.2) is 21.0 Å². The molecule has 0 spiro atoms. The molecule has 0 unspecified atom stereocenters. The van der Waals surface area contributed by atoms with Gasteiger partial charge in [-0.2, -0.15) is 5.10 Å². The van der Waals surface area contributed by atoms with Crippen molar-refractivity contribution >= 4 is 11.9 Å². The highest BCUT2D eigenvalue weighted by atomic mass is 16.4. The van der Waals surface area contributed by atoms with Crippen LogP contribution in [0.4, 0.5) is 10.6 Å². The molecular formula is C7H11N3O2. The zero-order chi connectivity index (χ0) is 9.14. The van der Waals surface area contributed by atoms with Gasteiger partial charge in [-0.05, 0) is 13.8 Å². The summed E-state index contributed by atoms with van der Waals surface area (Å²) in [4.78, 5) is 10.2. The number of hydrogen-bond donors (Lipinski definition) is 2. The number of rotatable bonds is 2. The lowest BCUT2D eigenvalue weighted by atomic mass is 10.4. The van der Waals surface area contributed by atoms with E-state index in [4.69, 9.17) is 5.11 Å². The molecule has 5 nitrogen and oxygen atoms in total. The van der Waals surface area contributed by atoms with Crippen molar-refractivity contribution in [3.8, 4) is 0 Å². The Morgan fingerprint density at radius 1 is 1.75 bits per heavy atom. The first-order valence-corrected chi connectivity index (χ1v) is 3.64. The number of carbonyl (C=O) groups is 1. The Labute approximate surface area is 70.0 Å². The third-order valence-electron chi connectivity index (χ3n) is 1.37. The largest absolute Gasteiger partial charge is 0.465 e. The lowest BCUT2D eigenvalue weighted by Crippen LogP contribution is -2.09. The van der Waals surface area contributed by atoms with Crippen molar-refractivity contribution in [2.24, 2.45) is 0 Å². The number of nitrogens with one attached hydrogen (secondary N) is 1. The molecule has 0 aliphatic heterocycles. The van der Waals surface area contributed by atoms with Crippen molar-refractivity contribution in [2.75, 3.05) is 5.32 Å². The Kier molecular flexibility index (Phi) is 2.32. The Bertz CT molecular complexity index is 280. The molecule has 0 saturated heterocycles. The van der Waals surface area contributed by atoms with Gasteiger partial charge in [-0.3, -0.25) is 10.00 Å². The van der Waals surface area contributed by atoms with E-state index in [-0.39, 0.29) is 6.04 Å². The summed E-state index contributed by atoms with van der Waals surface area (Å²) in [5.41, 5.74) is 0. The second kappa shape index (κ2) is 3.25. The van der Waals surface area contributed by atoms with Crippen molar-refractivity contribution in [2.45, 2.75) is 19.9 Å². The number of carboxylic acid groups (broad SMARTS) is 1. The molecule has 0 aliphatic carbocycles. The molecule has 1 rings (SSSR count). The zero-order valence-electron chi connectivity index (χ0n) is 6.98. The van der Waals surface area contributed by atoms with E-state index in [0.717, 1.165) is 0 Å². The van der Waals surface area contributed by atoms with Gasteiger partial charge in [0, 0.05) is 18.3 Å². The maximum absolute atomic E-state index is 10.2. The minimum atomic E-state index is -1.09. The summed E-state index contributed by atoms with van der Waals surface area (Å²) in [6.45, 7) is 3.94. The maximum Gasteiger partial charge on any atom is 0.410 e. The quantitative estimate of drug-likeness (QED) is 0.705. The van der Waals surface area contributed by atoms with Gasteiger partial charge in [0.1, 0.15) is 0 Å². The summed E-state index contributed by atoms with van der Waals surface area (Å²) >= 11 is 0. The zero-order valence-corrected chi connectivity index (χ0v) is 6.98. The second-order valence-electron chi connectivity index (χ2n) is 2.70. The number of anilines is 1. The average molecular weight is 169 g/mol. The van der Waals surface area contributed by atoms with Crippen LogP contribution in [0.25, 0.3) is 0 Å². The van der Waals surface area contributed by atoms with Crippen molar-refractivity contribution in [3.63, 3.8) is 0 Å². The van der Waals surface area contributed by atoms with E-state index in [2.05, 4.69) is 10.4 Å². The molecule has 1 heterocycles. The van der Waals surface area contributed by atoms with Crippen molar-refractivity contribution in [1.29, 1.82) is 0 Å². The van der Waals surface area contributed by atoms with Crippen LogP contribution < -0.4 is 5.32 Å². The smallest absolute Gasteiger partial charge is 0.410 e. The molecule has 0 aromatic carbocycles. The molecule has 12 heavy (non-hydrogen) atoms. The topological polar surface area (TPSA) is 67.2 Å². The van der Waals surface area contributed by atoms with Crippen molar-refractivity contribution < 1.29 is 9.90 Å². The normalized spacial score (nSPS) is 10.2. The highest BCUT2D eigenvalue weighted by Crippen LogP contribution is 2.07. The molecular weight excluding hydrogens is 158 g/mol. The monoisotopic (exact) mass is 169 g/mol. The molecule has 0 radical (unpaired) electrons. The highest BCUT2D eigenvalue weighted by molar-refractivity contribution is 5.81. The summed E-state index contributed by atoms with van der Waals surface area (Å²) in [5, 5.41) is 14.5. The van der Waals surface area contributed by atoms with Crippen LogP contribution in [0.3, 0.4) is 0 Å². The Hall–Kier alpha value is -1.52. The van der Waals surface area contributed by atoms with E-state index in [1.807, 2.05) is 13.8 Å². The molecule has 0 saturated carbocycles. The number of amides is 1. The van der Waals surface area contributed by atoms with Gasteiger partial charge in [0.2, 0.25) is 0 Å². The van der Waals surface area contributed by atoms with Gasteiger partial charge >= 0.3 is 6.09 Å². The first-order valence-electron chi connectivity index (χ1n) is 3.64. The minimum Gasteiger partial charge on any atom is -0.465 e. The third kappa shape index (κ3) is 1.98. The van der Waals surface area contributed by atoms with Gasteiger partial charge in [-0.15, -0.1) is 0 Å². The first kappa shape index (κ1) is 8.58. The lowest BCUT2D eigenvalue weighted by Gasteiger charge is -2.03. The fraction of sp³-hybridized carbons (Fsp3) is 0.429. The van der Waals surface area contributed by atoms with Crippen LogP contribution in [0.2, 0.25) is 0 Å². The van der Waals surface area contributed by atoms with Gasteiger partial charge in [-0.25, -0.2) is 4.79 Å². The van der Waals surface area contributed by atoms with E-state index in [0.29, 0.717) is 5.82 Å². The molecule has 2 N–H and O–H groups in total. The third-order valence-corrected chi connectivity index (χ3v) is 1.37. The molecule has 5 heteroatoms. The Morgan fingerprint density at radius 2 is 2.42 bits per heavy atom. The summed E-state index contributed by atoms with van der Waals surface area (Å²) in [6, 6.07) is 1.86. The molecule has 0 aliphatic rings. The van der Waals surface area contributed by atoms with Crippen LogP contribution in [0.1, 0.15) is 19.9 Å². The number of nitrogens with zero attached hydrogens (tertiary/aromatic N) is 2. The molecule has 0 bridgehead atoms.